The van der Waals surface area contributed by atoms with Crippen LogP contribution in [0.15, 0.2) is 42.5 Å². The standard InChI is InChI=1S/C26H30N4O6/c1-26(18-4-9-21-22(16-18)36-15-3-14-35-21)24(32)30(25(33)27-26)17-23(31)29-12-10-28(11-13-29)19-5-7-20(34-2)8-6-19/h4-9,16H,3,10-15,17H2,1-2H3,(H,27,33). The van der Waals surface area contributed by atoms with E-state index in [1.807, 2.05) is 24.3 Å². The summed E-state index contributed by atoms with van der Waals surface area (Å²) < 4.78 is 16.6. The van der Waals surface area contributed by atoms with E-state index in [4.69, 9.17) is 14.2 Å². The van der Waals surface area contributed by atoms with Gasteiger partial charge < -0.3 is 29.3 Å². The molecule has 0 saturated carbocycles. The van der Waals surface area contributed by atoms with Crippen LogP contribution in [0.4, 0.5) is 10.5 Å². The summed E-state index contributed by atoms with van der Waals surface area (Å²) in [6.07, 6.45) is 0.765. The highest BCUT2D eigenvalue weighted by Crippen LogP contribution is 2.36. The van der Waals surface area contributed by atoms with Crippen molar-refractivity contribution in [1.82, 2.24) is 15.1 Å². The van der Waals surface area contributed by atoms with E-state index in [1.54, 1.807) is 37.1 Å². The molecule has 190 valence electrons. The molecule has 1 atom stereocenters. The number of fused-ring (bicyclic) bond motifs is 1. The summed E-state index contributed by atoms with van der Waals surface area (Å²) in [6, 6.07) is 12.4. The molecular weight excluding hydrogens is 464 g/mol. The molecule has 0 aromatic heterocycles. The number of hydrogen-bond acceptors (Lipinski definition) is 7. The highest BCUT2D eigenvalue weighted by Gasteiger charge is 2.50. The van der Waals surface area contributed by atoms with Crippen LogP contribution in [0.3, 0.4) is 0 Å². The molecule has 3 heterocycles. The molecule has 3 aliphatic rings. The van der Waals surface area contributed by atoms with Crippen LogP contribution in [0.1, 0.15) is 18.9 Å². The van der Waals surface area contributed by atoms with Crippen molar-refractivity contribution in [2.75, 3.05) is 57.9 Å². The number of hydrogen-bond donors (Lipinski definition) is 1. The first kappa shape index (κ1) is 23.8. The van der Waals surface area contributed by atoms with E-state index in [0.717, 1.165) is 22.8 Å². The van der Waals surface area contributed by atoms with Crippen LogP contribution >= 0.6 is 0 Å². The molecule has 10 nitrogen and oxygen atoms in total. The van der Waals surface area contributed by atoms with E-state index in [1.165, 1.54) is 0 Å². The molecule has 2 aromatic rings. The lowest BCUT2D eigenvalue weighted by Crippen LogP contribution is -2.52. The van der Waals surface area contributed by atoms with Crippen molar-refractivity contribution in [3.8, 4) is 17.2 Å². The van der Waals surface area contributed by atoms with Gasteiger partial charge in [-0.2, -0.15) is 0 Å². The van der Waals surface area contributed by atoms with Gasteiger partial charge in [0, 0.05) is 38.3 Å². The van der Waals surface area contributed by atoms with Gasteiger partial charge >= 0.3 is 6.03 Å². The third-order valence-electron chi connectivity index (χ3n) is 6.96. The molecule has 0 bridgehead atoms. The maximum atomic E-state index is 13.4. The Morgan fingerprint density at radius 2 is 1.69 bits per heavy atom. The molecule has 0 spiro atoms. The molecule has 36 heavy (non-hydrogen) atoms. The number of piperazine rings is 1. The molecule has 5 rings (SSSR count). The Hall–Kier alpha value is -3.95. The lowest BCUT2D eigenvalue weighted by Gasteiger charge is -2.36. The molecule has 2 fully saturated rings. The van der Waals surface area contributed by atoms with E-state index < -0.39 is 17.5 Å². The molecule has 4 amide bonds. The van der Waals surface area contributed by atoms with Gasteiger partial charge in [-0.25, -0.2) is 4.79 Å². The summed E-state index contributed by atoms with van der Waals surface area (Å²) in [5.41, 5.74) is 0.339. The van der Waals surface area contributed by atoms with E-state index >= 15 is 0 Å². The number of ether oxygens (including phenoxy) is 3. The zero-order chi connectivity index (χ0) is 25.3. The maximum Gasteiger partial charge on any atom is 0.325 e. The first-order valence-corrected chi connectivity index (χ1v) is 12.1. The minimum absolute atomic E-state index is 0.254. The van der Waals surface area contributed by atoms with Gasteiger partial charge in [0.2, 0.25) is 5.91 Å². The van der Waals surface area contributed by atoms with Gasteiger partial charge in [-0.05, 0) is 48.9 Å². The van der Waals surface area contributed by atoms with Crippen molar-refractivity contribution < 1.29 is 28.6 Å². The molecular formula is C26H30N4O6. The van der Waals surface area contributed by atoms with E-state index in [2.05, 4.69) is 10.2 Å². The quantitative estimate of drug-likeness (QED) is 0.635. The number of benzene rings is 2. The fourth-order valence-corrected chi connectivity index (χ4v) is 4.75. The largest absolute Gasteiger partial charge is 0.497 e. The Kier molecular flexibility index (Phi) is 6.34. The highest BCUT2D eigenvalue weighted by molar-refractivity contribution is 6.09. The monoisotopic (exact) mass is 494 g/mol. The Balaban J connectivity index is 1.22. The predicted octanol–water partition coefficient (Wildman–Crippen LogP) is 1.97. The summed E-state index contributed by atoms with van der Waals surface area (Å²) in [5.74, 6) is 1.22. The highest BCUT2D eigenvalue weighted by atomic mass is 16.5. The Labute approximate surface area is 209 Å². The Morgan fingerprint density at radius 1 is 1.00 bits per heavy atom. The van der Waals surface area contributed by atoms with Crippen molar-refractivity contribution in [3.63, 3.8) is 0 Å². The van der Waals surface area contributed by atoms with Crippen LogP contribution in [0.5, 0.6) is 17.2 Å². The molecule has 0 aliphatic carbocycles. The third-order valence-corrected chi connectivity index (χ3v) is 6.96. The van der Waals surface area contributed by atoms with Gasteiger partial charge in [0.15, 0.2) is 11.5 Å². The van der Waals surface area contributed by atoms with Crippen LogP contribution in [-0.2, 0) is 15.1 Å². The van der Waals surface area contributed by atoms with Gasteiger partial charge in [-0.1, -0.05) is 6.07 Å². The average Bonchev–Trinajstić information content (AvgIpc) is 3.05. The summed E-state index contributed by atoms with van der Waals surface area (Å²) in [4.78, 5) is 44.1. The molecule has 1 N–H and O–H groups in total. The van der Waals surface area contributed by atoms with Crippen LogP contribution in [0, 0.1) is 0 Å². The smallest absolute Gasteiger partial charge is 0.325 e. The van der Waals surface area contributed by atoms with Crippen molar-refractivity contribution in [1.29, 1.82) is 0 Å². The van der Waals surface area contributed by atoms with Gasteiger partial charge in [0.25, 0.3) is 5.91 Å². The van der Waals surface area contributed by atoms with Crippen LogP contribution < -0.4 is 24.4 Å². The lowest BCUT2D eigenvalue weighted by molar-refractivity contribution is -0.139. The van der Waals surface area contributed by atoms with Crippen molar-refractivity contribution in [3.05, 3.63) is 48.0 Å². The molecule has 0 radical (unpaired) electrons. The van der Waals surface area contributed by atoms with E-state index in [0.29, 0.717) is 56.5 Å². The van der Waals surface area contributed by atoms with Crippen LogP contribution in [0.25, 0.3) is 0 Å². The number of methoxy groups -OCH3 is 1. The van der Waals surface area contributed by atoms with Gasteiger partial charge in [-0.15, -0.1) is 0 Å². The number of amides is 4. The molecule has 2 saturated heterocycles. The number of urea groups is 1. The average molecular weight is 495 g/mol. The lowest BCUT2D eigenvalue weighted by atomic mass is 9.91. The van der Waals surface area contributed by atoms with Crippen molar-refractivity contribution >= 4 is 23.5 Å². The second kappa shape index (κ2) is 9.60. The number of carbonyl (C=O) groups excluding carboxylic acids is 3. The first-order chi connectivity index (χ1) is 17.4. The Morgan fingerprint density at radius 3 is 2.39 bits per heavy atom. The fourth-order valence-electron chi connectivity index (χ4n) is 4.75. The maximum absolute atomic E-state index is 13.4. The van der Waals surface area contributed by atoms with Crippen molar-refractivity contribution in [2.45, 2.75) is 18.9 Å². The number of imide groups is 1. The molecule has 2 aromatic carbocycles. The zero-order valence-corrected chi connectivity index (χ0v) is 20.5. The normalized spacial score (nSPS) is 21.8. The van der Waals surface area contributed by atoms with Crippen LogP contribution in [-0.4, -0.2) is 80.7 Å². The number of nitrogens with zero attached hydrogens (tertiary/aromatic N) is 3. The molecule has 1 unspecified atom stereocenters. The van der Waals surface area contributed by atoms with Crippen molar-refractivity contribution in [2.24, 2.45) is 0 Å². The summed E-state index contributed by atoms with van der Waals surface area (Å²) in [6.45, 7) is 4.75. The SMILES string of the molecule is COc1ccc(N2CCN(C(=O)CN3C(=O)NC(C)(c4ccc5c(c4)OCCCO5)C3=O)CC2)cc1. The number of nitrogens with one attached hydrogen (secondary N) is 1. The van der Waals surface area contributed by atoms with Gasteiger partial charge in [-0.3, -0.25) is 14.5 Å². The fraction of sp³-hybridized carbons (Fsp3) is 0.423. The van der Waals surface area contributed by atoms with Gasteiger partial charge in [0.05, 0.1) is 20.3 Å². The predicted molar refractivity (Wildman–Crippen MR) is 131 cm³/mol. The van der Waals surface area contributed by atoms with E-state index in [-0.39, 0.29) is 12.5 Å². The Bertz CT molecular complexity index is 1160. The van der Waals surface area contributed by atoms with Gasteiger partial charge in [0.1, 0.15) is 17.8 Å². The minimum Gasteiger partial charge on any atom is -0.497 e. The summed E-state index contributed by atoms with van der Waals surface area (Å²) in [7, 11) is 1.63. The number of carbonyl (C=O) groups is 3. The van der Waals surface area contributed by atoms with Crippen LogP contribution in [0.2, 0.25) is 0 Å². The summed E-state index contributed by atoms with van der Waals surface area (Å²) >= 11 is 0. The van der Waals surface area contributed by atoms with E-state index in [9.17, 15) is 14.4 Å². The minimum atomic E-state index is -1.30. The number of rotatable bonds is 5. The number of anilines is 1. The zero-order valence-electron chi connectivity index (χ0n) is 20.5. The first-order valence-electron chi connectivity index (χ1n) is 12.1. The second-order valence-corrected chi connectivity index (χ2v) is 9.22. The second-order valence-electron chi connectivity index (χ2n) is 9.22. The summed E-state index contributed by atoms with van der Waals surface area (Å²) in [5, 5.41) is 2.77. The topological polar surface area (TPSA) is 101 Å². The third kappa shape index (κ3) is 4.38. The molecule has 3 aliphatic heterocycles. The molecule has 10 heteroatoms.